The molecule has 0 amide bonds. The predicted octanol–water partition coefficient (Wildman–Crippen LogP) is 7.32. The van der Waals surface area contributed by atoms with E-state index in [1.807, 2.05) is 6.92 Å². The lowest BCUT2D eigenvalue weighted by molar-refractivity contribution is -0.143. The minimum absolute atomic E-state index is 0.120. The molecular weight excluding hydrogens is 574 g/mol. The molecule has 0 fully saturated rings. The molecule has 234 valence electrons. The van der Waals surface area contributed by atoms with Crippen LogP contribution in [0, 0.1) is 0 Å². The molecule has 0 atom stereocenters. The second-order valence-electron chi connectivity index (χ2n) is 10.8. The van der Waals surface area contributed by atoms with Crippen LogP contribution in [0.5, 0.6) is 0 Å². The van der Waals surface area contributed by atoms with Gasteiger partial charge < -0.3 is 14.5 Å². The van der Waals surface area contributed by atoms with Crippen molar-refractivity contribution in [3.8, 4) is 0 Å². The number of halogens is 6. The molecule has 0 unspecified atom stereocenters. The summed E-state index contributed by atoms with van der Waals surface area (Å²) in [6.07, 6.45) is -3.62. The van der Waals surface area contributed by atoms with E-state index >= 15 is 0 Å². The number of nitrogens with zero attached hydrogens (tertiary/aromatic N) is 4. The molecule has 0 radical (unpaired) electrons. The fourth-order valence-corrected chi connectivity index (χ4v) is 5.53. The van der Waals surface area contributed by atoms with Crippen molar-refractivity contribution in [3.63, 3.8) is 0 Å². The third-order valence-electron chi connectivity index (χ3n) is 7.71. The summed E-state index contributed by atoms with van der Waals surface area (Å²) in [5.41, 5.74) is 1.49. The SMILES string of the molecule is CCN(CCCCC(=O)OC)c1cc2c(cc1CN(Cc1cc(C(F)(F)F)cc(C(F)(F)F)c1)c1ccn(C)n1)CCC2. The molecule has 1 aliphatic carbocycles. The van der Waals surface area contributed by atoms with Gasteiger partial charge in [0.2, 0.25) is 0 Å². The highest BCUT2D eigenvalue weighted by atomic mass is 19.4. The summed E-state index contributed by atoms with van der Waals surface area (Å²) in [4.78, 5) is 15.5. The highest BCUT2D eigenvalue weighted by Gasteiger charge is 2.37. The number of carbonyl (C=O) groups excluding carboxylic acids is 1. The van der Waals surface area contributed by atoms with Crippen LogP contribution in [-0.4, -0.2) is 35.9 Å². The summed E-state index contributed by atoms with van der Waals surface area (Å²) < 4.78 is 88.0. The zero-order valence-corrected chi connectivity index (χ0v) is 24.5. The first-order valence-electron chi connectivity index (χ1n) is 14.3. The number of methoxy groups -OCH3 is 1. The number of benzene rings is 2. The second-order valence-corrected chi connectivity index (χ2v) is 10.8. The van der Waals surface area contributed by atoms with E-state index in [1.165, 1.54) is 18.2 Å². The number of hydrogen-bond donors (Lipinski definition) is 0. The van der Waals surface area contributed by atoms with Crippen LogP contribution < -0.4 is 9.80 Å². The lowest BCUT2D eigenvalue weighted by atomic mass is 10.0. The quantitative estimate of drug-likeness (QED) is 0.122. The van der Waals surface area contributed by atoms with Gasteiger partial charge in [0.05, 0.1) is 18.2 Å². The van der Waals surface area contributed by atoms with Crippen LogP contribution >= 0.6 is 0 Å². The number of alkyl halides is 6. The van der Waals surface area contributed by atoms with E-state index in [0.29, 0.717) is 31.7 Å². The minimum atomic E-state index is -4.94. The molecule has 3 aromatic rings. The fraction of sp³-hybridized carbons (Fsp3) is 0.484. The lowest BCUT2D eigenvalue weighted by Crippen LogP contribution is -2.29. The summed E-state index contributed by atoms with van der Waals surface area (Å²) in [5.74, 6) is 0.164. The van der Waals surface area contributed by atoms with Crippen molar-refractivity contribution < 1.29 is 35.9 Å². The van der Waals surface area contributed by atoms with Gasteiger partial charge >= 0.3 is 18.3 Å². The molecule has 1 aromatic heterocycles. The van der Waals surface area contributed by atoms with Gasteiger partial charge in [-0.25, -0.2) is 0 Å². The van der Waals surface area contributed by atoms with Crippen LogP contribution in [0.1, 0.15) is 66.0 Å². The molecule has 6 nitrogen and oxygen atoms in total. The molecule has 43 heavy (non-hydrogen) atoms. The van der Waals surface area contributed by atoms with Gasteiger partial charge in [-0.15, -0.1) is 0 Å². The van der Waals surface area contributed by atoms with Crippen LogP contribution in [-0.2, 0) is 54.9 Å². The summed E-state index contributed by atoms with van der Waals surface area (Å²) in [5, 5.41) is 4.44. The van der Waals surface area contributed by atoms with Crippen LogP contribution in [0.25, 0.3) is 0 Å². The molecule has 4 rings (SSSR count). The van der Waals surface area contributed by atoms with Gasteiger partial charge in [-0.1, -0.05) is 6.07 Å². The topological polar surface area (TPSA) is 50.6 Å². The maximum absolute atomic E-state index is 13.6. The second kappa shape index (κ2) is 13.3. The highest BCUT2D eigenvalue weighted by Crippen LogP contribution is 2.38. The van der Waals surface area contributed by atoms with E-state index in [1.54, 1.807) is 28.9 Å². The van der Waals surface area contributed by atoms with E-state index < -0.39 is 23.5 Å². The number of aromatic nitrogens is 2. The molecule has 1 aliphatic rings. The Bertz CT molecular complexity index is 1380. The van der Waals surface area contributed by atoms with Crippen LogP contribution in [0.4, 0.5) is 37.8 Å². The zero-order valence-electron chi connectivity index (χ0n) is 24.5. The monoisotopic (exact) mass is 610 g/mol. The van der Waals surface area contributed by atoms with Crippen LogP contribution in [0.3, 0.4) is 0 Å². The molecule has 1 heterocycles. The largest absolute Gasteiger partial charge is 0.469 e. The molecule has 0 spiro atoms. The number of hydrogen-bond acceptors (Lipinski definition) is 5. The van der Waals surface area contributed by atoms with Crippen molar-refractivity contribution in [2.75, 3.05) is 30.0 Å². The van der Waals surface area contributed by atoms with Crippen molar-refractivity contribution in [1.82, 2.24) is 9.78 Å². The summed E-state index contributed by atoms with van der Waals surface area (Å²) in [6, 6.07) is 7.65. The van der Waals surface area contributed by atoms with Crippen LogP contribution in [0.15, 0.2) is 42.6 Å². The maximum atomic E-state index is 13.6. The normalized spacial score (nSPS) is 13.2. The first-order valence-corrected chi connectivity index (χ1v) is 14.3. The number of aryl methyl sites for hydroxylation is 3. The Morgan fingerprint density at radius 3 is 2.14 bits per heavy atom. The highest BCUT2D eigenvalue weighted by molar-refractivity contribution is 5.69. The average Bonchev–Trinajstić information content (AvgIpc) is 3.59. The zero-order chi connectivity index (χ0) is 31.4. The fourth-order valence-electron chi connectivity index (χ4n) is 5.53. The van der Waals surface area contributed by atoms with E-state index in [4.69, 9.17) is 4.74 Å². The molecular formula is C31H36F6N4O2. The van der Waals surface area contributed by atoms with E-state index in [2.05, 4.69) is 22.1 Å². The number of carbonyl (C=O) groups is 1. The average molecular weight is 611 g/mol. The molecule has 2 aromatic carbocycles. The van der Waals surface area contributed by atoms with Gasteiger partial charge in [-0.3, -0.25) is 9.48 Å². The Morgan fingerprint density at radius 1 is 0.930 bits per heavy atom. The van der Waals surface area contributed by atoms with Crippen molar-refractivity contribution >= 4 is 17.5 Å². The number of rotatable bonds is 12. The third-order valence-corrected chi connectivity index (χ3v) is 7.71. The van der Waals surface area contributed by atoms with E-state index in [0.717, 1.165) is 49.1 Å². The molecule has 0 bridgehead atoms. The lowest BCUT2D eigenvalue weighted by Gasteiger charge is -2.30. The number of anilines is 2. The van der Waals surface area contributed by atoms with Crippen molar-refractivity contribution in [2.24, 2.45) is 7.05 Å². The van der Waals surface area contributed by atoms with Crippen molar-refractivity contribution in [2.45, 2.75) is 70.9 Å². The molecule has 0 saturated heterocycles. The van der Waals surface area contributed by atoms with Gasteiger partial charge in [0.25, 0.3) is 0 Å². The minimum Gasteiger partial charge on any atom is -0.469 e. The van der Waals surface area contributed by atoms with Gasteiger partial charge in [-0.2, -0.15) is 31.4 Å². The Morgan fingerprint density at radius 2 is 1.58 bits per heavy atom. The van der Waals surface area contributed by atoms with Gasteiger partial charge in [-0.05, 0) is 85.5 Å². The van der Waals surface area contributed by atoms with Gasteiger partial charge in [0, 0.05) is 57.6 Å². The number of ether oxygens (including phenoxy) is 1. The first kappa shape index (κ1) is 32.2. The molecule has 0 saturated carbocycles. The number of unbranched alkanes of at least 4 members (excludes halogenated alkanes) is 1. The summed E-state index contributed by atoms with van der Waals surface area (Å²) in [7, 11) is 3.05. The first-order chi connectivity index (χ1) is 20.3. The standard InChI is InChI=1S/C31H36F6N4O2/c1-4-40(12-6-5-10-29(42)43-3)27-17-23-9-7-8-22(23)16-24(27)20-41(28-11-13-39(2)38-28)19-21-14-25(30(32,33)34)18-26(15-21)31(35,36)37/h11,13-18H,4-10,12,19-20H2,1-3H3. The Labute approximate surface area is 247 Å². The molecule has 0 aliphatic heterocycles. The van der Waals surface area contributed by atoms with Crippen LogP contribution in [0.2, 0.25) is 0 Å². The summed E-state index contributed by atoms with van der Waals surface area (Å²) in [6.45, 7) is 3.37. The number of esters is 1. The summed E-state index contributed by atoms with van der Waals surface area (Å²) >= 11 is 0. The third kappa shape index (κ3) is 8.23. The van der Waals surface area contributed by atoms with E-state index in [9.17, 15) is 31.1 Å². The molecule has 12 heteroatoms. The Hall–Kier alpha value is -3.70. The Balaban J connectivity index is 1.71. The predicted molar refractivity (Wildman–Crippen MR) is 152 cm³/mol. The Kier molecular flexibility index (Phi) is 9.96. The number of fused-ring (bicyclic) bond motifs is 1. The van der Waals surface area contributed by atoms with Gasteiger partial charge in [0.15, 0.2) is 5.82 Å². The van der Waals surface area contributed by atoms with Gasteiger partial charge in [0.1, 0.15) is 0 Å². The smallest absolute Gasteiger partial charge is 0.416 e. The maximum Gasteiger partial charge on any atom is 0.416 e. The van der Waals surface area contributed by atoms with E-state index in [-0.39, 0.29) is 30.7 Å². The molecule has 0 N–H and O–H groups in total. The van der Waals surface area contributed by atoms with Crippen molar-refractivity contribution in [1.29, 1.82) is 0 Å². The van der Waals surface area contributed by atoms with Crippen molar-refractivity contribution in [3.05, 3.63) is 76.0 Å².